The number of anilines is 1. The molecule has 0 bridgehead atoms. The summed E-state index contributed by atoms with van der Waals surface area (Å²) in [6.07, 6.45) is 2.74. The molecule has 0 unspecified atom stereocenters. The van der Waals surface area contributed by atoms with E-state index < -0.39 is 0 Å². The number of aryl methyl sites for hydroxylation is 1. The van der Waals surface area contributed by atoms with E-state index in [9.17, 15) is 4.79 Å². The fourth-order valence-corrected chi connectivity index (χ4v) is 2.92. The van der Waals surface area contributed by atoms with Crippen molar-refractivity contribution in [3.63, 3.8) is 0 Å². The van der Waals surface area contributed by atoms with Crippen LogP contribution in [0, 0.1) is 0 Å². The van der Waals surface area contributed by atoms with E-state index in [-0.39, 0.29) is 17.4 Å². The van der Waals surface area contributed by atoms with Crippen LogP contribution in [-0.4, -0.2) is 11.0 Å². The van der Waals surface area contributed by atoms with E-state index in [0.717, 1.165) is 28.6 Å². The summed E-state index contributed by atoms with van der Waals surface area (Å²) >= 11 is 11.1. The van der Waals surface area contributed by atoms with E-state index in [4.69, 9.17) is 28.2 Å². The lowest BCUT2D eigenvalue weighted by atomic mass is 10.1. The molecule has 0 aliphatic rings. The average Bonchev–Trinajstić information content (AvgIpc) is 3.02. The Labute approximate surface area is 161 Å². The highest BCUT2D eigenvalue weighted by Gasteiger charge is 2.11. The van der Waals surface area contributed by atoms with Gasteiger partial charge in [-0.1, -0.05) is 36.7 Å². The minimum Gasteiger partial charge on any atom is -0.464 e. The van der Waals surface area contributed by atoms with Crippen LogP contribution in [0.5, 0.6) is 0 Å². The van der Waals surface area contributed by atoms with Crippen molar-refractivity contribution in [3.05, 3.63) is 64.9 Å². The minimum absolute atomic E-state index is 0.186. The zero-order valence-corrected chi connectivity index (χ0v) is 15.7. The second-order valence-electron chi connectivity index (χ2n) is 5.76. The Balaban J connectivity index is 1.55. The molecule has 3 rings (SSSR count). The van der Waals surface area contributed by atoms with E-state index in [0.29, 0.717) is 5.02 Å². The van der Waals surface area contributed by atoms with E-state index >= 15 is 0 Å². The molecule has 134 valence electrons. The smallest absolute Gasteiger partial charge is 0.242 e. The maximum Gasteiger partial charge on any atom is 0.242 e. The van der Waals surface area contributed by atoms with Gasteiger partial charge in [0, 0.05) is 21.7 Å². The van der Waals surface area contributed by atoms with Gasteiger partial charge in [0.05, 0.1) is 12.7 Å². The van der Waals surface area contributed by atoms with Gasteiger partial charge in [-0.2, -0.15) is 0 Å². The molecule has 0 spiro atoms. The molecule has 0 aliphatic heterocycles. The van der Waals surface area contributed by atoms with Crippen LogP contribution in [0.3, 0.4) is 0 Å². The summed E-state index contributed by atoms with van der Waals surface area (Å²) in [6, 6.07) is 13.2. The number of rotatable bonds is 4. The first-order valence-corrected chi connectivity index (χ1v) is 8.94. The third-order valence-electron chi connectivity index (χ3n) is 3.88. The Kier molecular flexibility index (Phi) is 5.75. The van der Waals surface area contributed by atoms with Crippen LogP contribution >= 0.6 is 23.8 Å². The SMILES string of the molecule is CCc1ccc2c(CC(=O)NNC(=S)Nc3cccc(Cl)c3)coc2c1. The first-order chi connectivity index (χ1) is 12.5. The molecule has 0 saturated carbocycles. The van der Waals surface area contributed by atoms with E-state index in [2.05, 4.69) is 23.1 Å². The molecule has 5 nitrogen and oxygen atoms in total. The molecule has 1 aromatic heterocycles. The number of benzene rings is 2. The van der Waals surface area contributed by atoms with Gasteiger partial charge in [0.15, 0.2) is 5.11 Å². The highest BCUT2D eigenvalue weighted by molar-refractivity contribution is 7.80. The number of carbonyl (C=O) groups excluding carboxylic acids is 1. The molecule has 0 fully saturated rings. The van der Waals surface area contributed by atoms with E-state index in [1.54, 1.807) is 24.5 Å². The fraction of sp³-hybridized carbons (Fsp3) is 0.158. The molecule has 7 heteroatoms. The van der Waals surface area contributed by atoms with Gasteiger partial charge in [0.2, 0.25) is 5.91 Å². The largest absolute Gasteiger partial charge is 0.464 e. The second kappa shape index (κ2) is 8.21. The summed E-state index contributed by atoms with van der Waals surface area (Å²) in [5, 5.41) is 4.75. The van der Waals surface area contributed by atoms with E-state index in [1.807, 2.05) is 24.3 Å². The molecule has 0 radical (unpaired) electrons. The van der Waals surface area contributed by atoms with Crippen LogP contribution in [0.25, 0.3) is 11.0 Å². The van der Waals surface area contributed by atoms with Gasteiger partial charge in [0.1, 0.15) is 5.58 Å². The molecule has 0 aliphatic carbocycles. The van der Waals surface area contributed by atoms with Gasteiger partial charge in [0.25, 0.3) is 0 Å². The lowest BCUT2D eigenvalue weighted by molar-refractivity contribution is -0.120. The molecule has 26 heavy (non-hydrogen) atoms. The zero-order valence-electron chi connectivity index (χ0n) is 14.1. The minimum atomic E-state index is -0.220. The molecule has 3 N–H and O–H groups in total. The molecular formula is C19H18ClN3O2S. The molecule has 1 amide bonds. The highest BCUT2D eigenvalue weighted by Crippen LogP contribution is 2.23. The first kappa shape index (κ1) is 18.2. The Morgan fingerprint density at radius 1 is 1.19 bits per heavy atom. The van der Waals surface area contributed by atoms with Gasteiger partial charge in [-0.3, -0.25) is 15.6 Å². The normalized spacial score (nSPS) is 10.5. The summed E-state index contributed by atoms with van der Waals surface area (Å²) in [5.41, 5.74) is 8.80. The monoisotopic (exact) mass is 387 g/mol. The summed E-state index contributed by atoms with van der Waals surface area (Å²) in [7, 11) is 0. The standard InChI is InChI=1S/C19H18ClN3O2S/c1-2-12-6-7-16-13(11-25-17(16)8-12)9-18(24)22-23-19(26)21-15-5-3-4-14(20)10-15/h3-8,10-11H,2,9H2,1H3,(H,22,24)(H2,21,23,26). The Morgan fingerprint density at radius 3 is 2.81 bits per heavy atom. The quantitative estimate of drug-likeness (QED) is 0.462. The summed E-state index contributed by atoms with van der Waals surface area (Å²) in [6.45, 7) is 2.09. The number of thiocarbonyl (C=S) groups is 1. The van der Waals surface area contributed by atoms with Crippen molar-refractivity contribution in [1.82, 2.24) is 10.9 Å². The van der Waals surface area contributed by atoms with Crippen molar-refractivity contribution in [2.45, 2.75) is 19.8 Å². The van der Waals surface area contributed by atoms with Crippen LogP contribution in [-0.2, 0) is 17.6 Å². The lowest BCUT2D eigenvalue weighted by Crippen LogP contribution is -2.44. The number of hydrogen-bond donors (Lipinski definition) is 3. The number of fused-ring (bicyclic) bond motifs is 1. The predicted octanol–water partition coefficient (Wildman–Crippen LogP) is 4.21. The second-order valence-corrected chi connectivity index (χ2v) is 6.60. The maximum atomic E-state index is 12.2. The molecule has 1 heterocycles. The van der Waals surface area contributed by atoms with Crippen LogP contribution in [0.15, 0.2) is 53.1 Å². The van der Waals surface area contributed by atoms with Crippen molar-refractivity contribution in [3.8, 4) is 0 Å². The molecule has 0 atom stereocenters. The predicted molar refractivity (Wildman–Crippen MR) is 108 cm³/mol. The first-order valence-electron chi connectivity index (χ1n) is 8.15. The van der Waals surface area contributed by atoms with Crippen LogP contribution in [0.2, 0.25) is 5.02 Å². The molecule has 0 saturated heterocycles. The number of nitrogens with one attached hydrogen (secondary N) is 3. The number of hydrogen-bond acceptors (Lipinski definition) is 3. The lowest BCUT2D eigenvalue weighted by Gasteiger charge is -2.11. The number of carbonyl (C=O) groups is 1. The molecule has 3 aromatic rings. The Morgan fingerprint density at radius 2 is 2.04 bits per heavy atom. The Bertz CT molecular complexity index is 955. The highest BCUT2D eigenvalue weighted by atomic mass is 35.5. The fourth-order valence-electron chi connectivity index (χ4n) is 2.56. The van der Waals surface area contributed by atoms with Crippen LogP contribution < -0.4 is 16.2 Å². The van der Waals surface area contributed by atoms with Crippen LogP contribution in [0.4, 0.5) is 5.69 Å². The van der Waals surface area contributed by atoms with Gasteiger partial charge < -0.3 is 9.73 Å². The summed E-state index contributed by atoms with van der Waals surface area (Å²) in [5.74, 6) is -0.220. The average molecular weight is 388 g/mol. The Hall–Kier alpha value is -2.57. The van der Waals surface area contributed by atoms with Crippen molar-refractivity contribution >= 4 is 51.5 Å². The summed E-state index contributed by atoms with van der Waals surface area (Å²) < 4.78 is 5.56. The topological polar surface area (TPSA) is 66.3 Å². The van der Waals surface area contributed by atoms with E-state index in [1.165, 1.54) is 5.56 Å². The summed E-state index contributed by atoms with van der Waals surface area (Å²) in [4.78, 5) is 12.2. The number of amides is 1. The third kappa shape index (κ3) is 4.53. The maximum absolute atomic E-state index is 12.2. The van der Waals surface area contributed by atoms with Crippen molar-refractivity contribution in [1.29, 1.82) is 0 Å². The van der Waals surface area contributed by atoms with Gasteiger partial charge in [-0.15, -0.1) is 0 Å². The number of halogens is 1. The zero-order chi connectivity index (χ0) is 18.5. The molecular weight excluding hydrogens is 370 g/mol. The van der Waals surface area contributed by atoms with Gasteiger partial charge in [-0.05, 0) is 48.5 Å². The van der Waals surface area contributed by atoms with Crippen LogP contribution in [0.1, 0.15) is 18.1 Å². The van der Waals surface area contributed by atoms with Gasteiger partial charge >= 0.3 is 0 Å². The number of hydrazine groups is 1. The number of furan rings is 1. The molecule has 2 aromatic carbocycles. The third-order valence-corrected chi connectivity index (χ3v) is 4.32. The van der Waals surface area contributed by atoms with Crippen molar-refractivity contribution in [2.75, 3.05) is 5.32 Å². The van der Waals surface area contributed by atoms with Crippen molar-refractivity contribution < 1.29 is 9.21 Å². The van der Waals surface area contributed by atoms with Crippen molar-refractivity contribution in [2.24, 2.45) is 0 Å². The van der Waals surface area contributed by atoms with Gasteiger partial charge in [-0.25, -0.2) is 0 Å².